The molecule has 3 N–H and O–H groups in total. The number of nitrogens with one attached hydrogen (secondary N) is 2. The molecular weight excluding hydrogens is 368 g/mol. The molecule has 0 saturated carbocycles. The Morgan fingerprint density at radius 1 is 1.52 bits per heavy atom. The third kappa shape index (κ3) is 4.45. The Balaban J connectivity index is 1.64. The van der Waals surface area contributed by atoms with E-state index >= 15 is 0 Å². The number of nitrogens with zero attached hydrogens (tertiary/aromatic N) is 4. The van der Waals surface area contributed by atoms with Crippen LogP contribution in [0.3, 0.4) is 0 Å². The molecule has 148 valence electrons. The Labute approximate surface area is 162 Å². The number of aromatic amines is 1. The zero-order valence-corrected chi connectivity index (χ0v) is 16.8. The van der Waals surface area contributed by atoms with Gasteiger partial charge in [-0.2, -0.15) is 0 Å². The van der Waals surface area contributed by atoms with Crippen LogP contribution < -0.4 is 10.2 Å². The number of H-pyrrole nitrogens is 1. The number of carbonyl (C=O) groups is 1. The summed E-state index contributed by atoms with van der Waals surface area (Å²) in [7, 11) is 1.64. The number of imidazole rings is 1. The van der Waals surface area contributed by atoms with Gasteiger partial charge in [-0.25, -0.2) is 4.98 Å². The number of hydrogen-bond acceptors (Lipinski definition) is 8. The number of ether oxygens (including phenoxy) is 1. The fourth-order valence-corrected chi connectivity index (χ4v) is 3.86. The second kappa shape index (κ2) is 7.91. The molecule has 0 spiro atoms. The highest BCUT2D eigenvalue weighted by molar-refractivity contribution is 7.15. The molecule has 1 amide bonds. The van der Waals surface area contributed by atoms with Crippen molar-refractivity contribution >= 4 is 22.4 Å². The van der Waals surface area contributed by atoms with Gasteiger partial charge in [0.15, 0.2) is 5.82 Å². The molecule has 2 atom stereocenters. The summed E-state index contributed by atoms with van der Waals surface area (Å²) in [4.78, 5) is 21.7. The molecule has 27 heavy (non-hydrogen) atoms. The van der Waals surface area contributed by atoms with Crippen molar-refractivity contribution < 1.29 is 14.6 Å². The molecule has 9 nitrogen and oxygen atoms in total. The van der Waals surface area contributed by atoms with Gasteiger partial charge in [0.1, 0.15) is 10.6 Å². The molecule has 2 aromatic heterocycles. The molecule has 2 aromatic rings. The van der Waals surface area contributed by atoms with Crippen LogP contribution in [0.1, 0.15) is 48.5 Å². The molecule has 1 fully saturated rings. The summed E-state index contributed by atoms with van der Waals surface area (Å²) < 4.78 is 5.61. The van der Waals surface area contributed by atoms with E-state index in [0.29, 0.717) is 30.3 Å². The van der Waals surface area contributed by atoms with Gasteiger partial charge in [0, 0.05) is 32.1 Å². The van der Waals surface area contributed by atoms with Crippen molar-refractivity contribution in [2.45, 2.75) is 51.4 Å². The van der Waals surface area contributed by atoms with Gasteiger partial charge in [-0.3, -0.25) is 4.79 Å². The number of hydrogen-bond donors (Lipinski definition) is 3. The minimum absolute atomic E-state index is 0.115. The Kier molecular flexibility index (Phi) is 5.78. The van der Waals surface area contributed by atoms with Crippen molar-refractivity contribution in [1.82, 2.24) is 25.5 Å². The predicted molar refractivity (Wildman–Crippen MR) is 102 cm³/mol. The summed E-state index contributed by atoms with van der Waals surface area (Å²) in [6.07, 6.45) is 3.01. The molecule has 3 rings (SSSR count). The summed E-state index contributed by atoms with van der Waals surface area (Å²) in [5.41, 5.74) is -0.0828. The van der Waals surface area contributed by atoms with E-state index in [1.807, 2.05) is 6.92 Å². The quantitative estimate of drug-likeness (QED) is 0.671. The number of amides is 1. The van der Waals surface area contributed by atoms with Gasteiger partial charge in [-0.1, -0.05) is 18.3 Å². The molecule has 1 aliphatic heterocycles. The third-order valence-electron chi connectivity index (χ3n) is 4.61. The predicted octanol–water partition coefficient (Wildman–Crippen LogP) is 1.07. The van der Waals surface area contributed by atoms with E-state index in [-0.39, 0.29) is 18.1 Å². The Morgan fingerprint density at radius 2 is 2.30 bits per heavy atom. The molecule has 0 aliphatic carbocycles. The lowest BCUT2D eigenvalue weighted by Crippen LogP contribution is -2.55. The molecular formula is C17H26N6O3S. The lowest BCUT2D eigenvalue weighted by molar-refractivity contribution is 0.0538. The molecule has 10 heteroatoms. The minimum Gasteiger partial charge on any atom is -0.383 e. The van der Waals surface area contributed by atoms with Gasteiger partial charge < -0.3 is 25.0 Å². The lowest BCUT2D eigenvalue weighted by Gasteiger charge is -2.37. The van der Waals surface area contributed by atoms with Gasteiger partial charge in [-0.15, -0.1) is 10.2 Å². The highest BCUT2D eigenvalue weighted by Crippen LogP contribution is 2.30. The Bertz CT molecular complexity index is 784. The third-order valence-corrected chi connectivity index (χ3v) is 5.91. The second-order valence-corrected chi connectivity index (χ2v) is 8.10. The van der Waals surface area contributed by atoms with Gasteiger partial charge in [0.05, 0.1) is 12.1 Å². The van der Waals surface area contributed by atoms with Crippen LogP contribution in [0.15, 0.2) is 6.20 Å². The van der Waals surface area contributed by atoms with Crippen LogP contribution in [0.4, 0.5) is 5.13 Å². The molecule has 3 heterocycles. The van der Waals surface area contributed by atoms with E-state index in [4.69, 9.17) is 4.74 Å². The number of aliphatic hydroxyl groups is 1. The number of rotatable bonds is 6. The fraction of sp³-hybridized carbons (Fsp3) is 0.647. The van der Waals surface area contributed by atoms with E-state index in [0.717, 1.165) is 17.2 Å². The molecule has 0 aromatic carbocycles. The average Bonchev–Trinajstić information content (AvgIpc) is 3.31. The number of piperidine rings is 1. The van der Waals surface area contributed by atoms with Gasteiger partial charge in [-0.05, 0) is 26.7 Å². The van der Waals surface area contributed by atoms with Gasteiger partial charge in [0.2, 0.25) is 5.13 Å². The van der Waals surface area contributed by atoms with Crippen LogP contribution in [0.25, 0.3) is 0 Å². The zero-order chi connectivity index (χ0) is 19.6. The first-order valence-corrected chi connectivity index (χ1v) is 9.82. The largest absolute Gasteiger partial charge is 0.383 e. The number of aryl methyl sites for hydroxylation is 1. The second-order valence-electron chi connectivity index (χ2n) is 7.15. The SMILES string of the molecule is CCc1cnc(C(=O)N[C@@H]2CCN(c3nnc(C(C)(C)O)s3)C[C@@H]2OC)[nH]1. The zero-order valence-electron chi connectivity index (χ0n) is 16.0. The van der Waals surface area contributed by atoms with Crippen LogP contribution in [-0.2, 0) is 16.8 Å². The topological polar surface area (TPSA) is 116 Å². The van der Waals surface area contributed by atoms with E-state index in [1.165, 1.54) is 11.3 Å². The summed E-state index contributed by atoms with van der Waals surface area (Å²) >= 11 is 1.37. The minimum atomic E-state index is -1.01. The first-order chi connectivity index (χ1) is 12.8. The fourth-order valence-electron chi connectivity index (χ4n) is 2.98. The maximum atomic E-state index is 12.4. The van der Waals surface area contributed by atoms with Crippen molar-refractivity contribution in [1.29, 1.82) is 0 Å². The van der Waals surface area contributed by atoms with Crippen molar-refractivity contribution in [2.75, 3.05) is 25.1 Å². The summed E-state index contributed by atoms with van der Waals surface area (Å²) in [6, 6.07) is -0.115. The van der Waals surface area contributed by atoms with E-state index in [2.05, 4.69) is 30.4 Å². The highest BCUT2D eigenvalue weighted by atomic mass is 32.1. The molecule has 0 unspecified atom stereocenters. The van der Waals surface area contributed by atoms with Gasteiger partial charge >= 0.3 is 0 Å². The van der Waals surface area contributed by atoms with E-state index < -0.39 is 5.60 Å². The average molecular weight is 395 g/mol. The highest BCUT2D eigenvalue weighted by Gasteiger charge is 2.33. The number of anilines is 1. The summed E-state index contributed by atoms with van der Waals surface area (Å²) in [5.74, 6) is 0.0958. The maximum Gasteiger partial charge on any atom is 0.287 e. The van der Waals surface area contributed by atoms with Crippen LogP contribution in [0.5, 0.6) is 0 Å². The smallest absolute Gasteiger partial charge is 0.287 e. The lowest BCUT2D eigenvalue weighted by atomic mass is 10.0. The maximum absolute atomic E-state index is 12.4. The molecule has 1 aliphatic rings. The number of methoxy groups -OCH3 is 1. The van der Waals surface area contributed by atoms with E-state index in [1.54, 1.807) is 27.2 Å². The monoisotopic (exact) mass is 394 g/mol. The normalized spacial score (nSPS) is 20.7. The van der Waals surface area contributed by atoms with Crippen LogP contribution >= 0.6 is 11.3 Å². The molecule has 1 saturated heterocycles. The van der Waals surface area contributed by atoms with E-state index in [9.17, 15) is 9.90 Å². The molecule has 0 radical (unpaired) electrons. The Morgan fingerprint density at radius 3 is 2.89 bits per heavy atom. The standard InChI is InChI=1S/C17H26N6O3S/c1-5-10-8-18-13(19-10)14(24)20-11-6-7-23(9-12(11)26-4)16-22-21-15(27-16)17(2,3)25/h8,11-12,25H,5-7,9H2,1-4H3,(H,18,19)(H,20,24)/t11-,12+/m1/s1. The van der Waals surface area contributed by atoms with Crippen LogP contribution in [-0.4, -0.2) is 63.5 Å². The Hall–Kier alpha value is -2.04. The number of carbonyl (C=O) groups excluding carboxylic acids is 1. The summed E-state index contributed by atoms with van der Waals surface area (Å²) in [5, 5.41) is 22.7. The van der Waals surface area contributed by atoms with Crippen LogP contribution in [0.2, 0.25) is 0 Å². The van der Waals surface area contributed by atoms with Crippen molar-refractivity contribution in [3.05, 3.63) is 22.7 Å². The summed E-state index contributed by atoms with van der Waals surface area (Å²) in [6.45, 7) is 6.68. The first kappa shape index (κ1) is 19.7. The first-order valence-electron chi connectivity index (χ1n) is 9.00. The molecule has 0 bridgehead atoms. The number of aromatic nitrogens is 4. The van der Waals surface area contributed by atoms with Crippen molar-refractivity contribution in [3.8, 4) is 0 Å². The van der Waals surface area contributed by atoms with Crippen molar-refractivity contribution in [2.24, 2.45) is 0 Å². The van der Waals surface area contributed by atoms with Gasteiger partial charge in [0.25, 0.3) is 5.91 Å². The van der Waals surface area contributed by atoms with Crippen molar-refractivity contribution in [3.63, 3.8) is 0 Å². The van der Waals surface area contributed by atoms with Crippen LogP contribution in [0, 0.1) is 0 Å².